The standard InChI is InChI=1S/C17H30N2O4/c1-12(19(5)16(22)23-17(2,3)4)15(21)18-14(11-20)13-9-7-6-8-10-13/h11-14H,6-10H2,1-5H3,(H,18,21)/t12-,14+/m0/s1. The van der Waals surface area contributed by atoms with E-state index in [4.69, 9.17) is 4.74 Å². The Morgan fingerprint density at radius 3 is 2.26 bits per heavy atom. The van der Waals surface area contributed by atoms with E-state index in [0.717, 1.165) is 32.0 Å². The maximum absolute atomic E-state index is 12.3. The number of rotatable bonds is 5. The van der Waals surface area contributed by atoms with Gasteiger partial charge in [-0.15, -0.1) is 0 Å². The summed E-state index contributed by atoms with van der Waals surface area (Å²) in [5.74, 6) is -0.134. The van der Waals surface area contributed by atoms with Crippen LogP contribution in [0, 0.1) is 5.92 Å². The lowest BCUT2D eigenvalue weighted by molar-refractivity contribution is -0.128. The van der Waals surface area contributed by atoms with E-state index in [-0.39, 0.29) is 11.8 Å². The zero-order chi connectivity index (χ0) is 17.6. The Balaban J connectivity index is 2.60. The molecule has 0 aromatic carbocycles. The maximum atomic E-state index is 12.3. The van der Waals surface area contributed by atoms with Crippen molar-refractivity contribution >= 4 is 18.3 Å². The van der Waals surface area contributed by atoms with Crippen LogP contribution in [-0.2, 0) is 14.3 Å². The molecule has 0 aromatic heterocycles. The number of hydrogen-bond acceptors (Lipinski definition) is 4. The molecule has 0 bridgehead atoms. The van der Waals surface area contributed by atoms with Crippen LogP contribution >= 0.6 is 0 Å². The Bertz CT molecular complexity index is 425. The van der Waals surface area contributed by atoms with Gasteiger partial charge < -0.3 is 14.8 Å². The minimum absolute atomic E-state index is 0.198. The average molecular weight is 326 g/mol. The van der Waals surface area contributed by atoms with Crippen molar-refractivity contribution in [1.29, 1.82) is 0 Å². The lowest BCUT2D eigenvalue weighted by atomic mass is 9.84. The molecular formula is C17H30N2O4. The molecule has 2 amide bonds. The Morgan fingerprint density at radius 2 is 1.78 bits per heavy atom. The molecule has 0 heterocycles. The third kappa shape index (κ3) is 6.20. The summed E-state index contributed by atoms with van der Waals surface area (Å²) in [5.41, 5.74) is -0.616. The molecular weight excluding hydrogens is 296 g/mol. The van der Waals surface area contributed by atoms with Gasteiger partial charge in [-0.3, -0.25) is 9.69 Å². The van der Waals surface area contributed by atoms with Gasteiger partial charge in [0.15, 0.2) is 0 Å². The highest BCUT2D eigenvalue weighted by atomic mass is 16.6. The summed E-state index contributed by atoms with van der Waals surface area (Å²) >= 11 is 0. The van der Waals surface area contributed by atoms with Crippen LogP contribution in [0.1, 0.15) is 59.8 Å². The molecule has 0 aliphatic heterocycles. The average Bonchev–Trinajstić information content (AvgIpc) is 2.50. The number of nitrogens with zero attached hydrogens (tertiary/aromatic N) is 1. The molecule has 0 saturated heterocycles. The Labute approximate surface area is 138 Å². The van der Waals surface area contributed by atoms with Crippen LogP contribution in [0.15, 0.2) is 0 Å². The number of aldehydes is 1. The molecule has 0 aromatic rings. The molecule has 132 valence electrons. The highest BCUT2D eigenvalue weighted by molar-refractivity contribution is 5.87. The SMILES string of the molecule is C[C@@H](C(=O)N[C@H](C=O)C1CCCCC1)N(C)C(=O)OC(C)(C)C. The molecule has 1 rings (SSSR count). The third-order valence-corrected chi connectivity index (χ3v) is 4.26. The summed E-state index contributed by atoms with van der Waals surface area (Å²) in [6.45, 7) is 6.95. The normalized spacial score (nSPS) is 18.7. The molecule has 0 radical (unpaired) electrons. The first kappa shape index (κ1) is 19.5. The molecule has 1 fully saturated rings. The monoisotopic (exact) mass is 326 g/mol. The van der Waals surface area contributed by atoms with E-state index in [9.17, 15) is 14.4 Å². The van der Waals surface area contributed by atoms with Crippen LogP contribution in [0.25, 0.3) is 0 Å². The first-order valence-electron chi connectivity index (χ1n) is 8.37. The minimum atomic E-state index is -0.698. The lowest BCUT2D eigenvalue weighted by Crippen LogP contribution is -2.52. The Morgan fingerprint density at radius 1 is 1.22 bits per heavy atom. The number of hydrogen-bond donors (Lipinski definition) is 1. The lowest BCUT2D eigenvalue weighted by Gasteiger charge is -2.31. The van der Waals surface area contributed by atoms with Crippen LogP contribution in [0.4, 0.5) is 4.79 Å². The number of nitrogens with one attached hydrogen (secondary N) is 1. The molecule has 6 heteroatoms. The van der Waals surface area contributed by atoms with Gasteiger partial charge in [0.2, 0.25) is 5.91 Å². The fourth-order valence-corrected chi connectivity index (χ4v) is 2.71. The Hall–Kier alpha value is -1.59. The molecule has 23 heavy (non-hydrogen) atoms. The van der Waals surface area contributed by atoms with E-state index in [1.165, 1.54) is 18.4 Å². The van der Waals surface area contributed by atoms with Gasteiger partial charge in [0, 0.05) is 7.05 Å². The largest absolute Gasteiger partial charge is 0.444 e. The molecule has 1 aliphatic carbocycles. The summed E-state index contributed by atoms with van der Waals surface area (Å²) < 4.78 is 5.26. The molecule has 1 aliphatic rings. The van der Waals surface area contributed by atoms with Gasteiger partial charge in [0.25, 0.3) is 0 Å². The van der Waals surface area contributed by atoms with Crippen molar-refractivity contribution in [3.05, 3.63) is 0 Å². The quantitative estimate of drug-likeness (QED) is 0.788. The zero-order valence-electron chi connectivity index (χ0n) is 14.9. The van der Waals surface area contributed by atoms with Gasteiger partial charge in [0.1, 0.15) is 17.9 Å². The van der Waals surface area contributed by atoms with Crippen LogP contribution < -0.4 is 5.32 Å². The topological polar surface area (TPSA) is 75.7 Å². The summed E-state index contributed by atoms with van der Waals surface area (Å²) in [4.78, 5) is 36.9. The number of ether oxygens (including phenoxy) is 1. The van der Waals surface area contributed by atoms with Crippen molar-refractivity contribution in [2.24, 2.45) is 5.92 Å². The van der Waals surface area contributed by atoms with Crippen LogP contribution in [0.3, 0.4) is 0 Å². The van der Waals surface area contributed by atoms with Gasteiger partial charge in [0.05, 0.1) is 6.04 Å². The van der Waals surface area contributed by atoms with Crippen molar-refractivity contribution in [2.45, 2.75) is 77.5 Å². The van der Waals surface area contributed by atoms with Gasteiger partial charge >= 0.3 is 6.09 Å². The first-order chi connectivity index (χ1) is 10.7. The zero-order valence-corrected chi connectivity index (χ0v) is 14.9. The molecule has 6 nitrogen and oxygen atoms in total. The van der Waals surface area contributed by atoms with E-state index in [1.807, 2.05) is 0 Å². The van der Waals surface area contributed by atoms with E-state index in [2.05, 4.69) is 5.32 Å². The van der Waals surface area contributed by atoms with Crippen molar-refractivity contribution < 1.29 is 19.1 Å². The highest BCUT2D eigenvalue weighted by Gasteiger charge is 2.30. The van der Waals surface area contributed by atoms with E-state index >= 15 is 0 Å². The third-order valence-electron chi connectivity index (χ3n) is 4.26. The van der Waals surface area contributed by atoms with Crippen LogP contribution in [0.2, 0.25) is 0 Å². The number of carbonyl (C=O) groups excluding carboxylic acids is 3. The fourth-order valence-electron chi connectivity index (χ4n) is 2.71. The number of amides is 2. The summed E-state index contributed by atoms with van der Waals surface area (Å²) in [5, 5.41) is 2.78. The van der Waals surface area contributed by atoms with Crippen LogP contribution in [-0.4, -0.2) is 47.9 Å². The fraction of sp³-hybridized carbons (Fsp3) is 0.824. The van der Waals surface area contributed by atoms with Crippen molar-refractivity contribution in [3.63, 3.8) is 0 Å². The van der Waals surface area contributed by atoms with Gasteiger partial charge in [-0.05, 0) is 46.5 Å². The first-order valence-corrected chi connectivity index (χ1v) is 8.37. The van der Waals surface area contributed by atoms with E-state index < -0.39 is 23.8 Å². The Kier molecular flexibility index (Phi) is 7.03. The number of carbonyl (C=O) groups is 3. The predicted molar refractivity (Wildman–Crippen MR) is 88.0 cm³/mol. The van der Waals surface area contributed by atoms with E-state index in [1.54, 1.807) is 27.7 Å². The molecule has 0 unspecified atom stereocenters. The minimum Gasteiger partial charge on any atom is -0.444 e. The van der Waals surface area contributed by atoms with Crippen molar-refractivity contribution in [3.8, 4) is 0 Å². The highest BCUT2D eigenvalue weighted by Crippen LogP contribution is 2.26. The predicted octanol–water partition coefficient (Wildman–Crippen LogP) is 2.51. The van der Waals surface area contributed by atoms with E-state index in [0.29, 0.717) is 0 Å². The molecule has 2 atom stereocenters. The van der Waals surface area contributed by atoms with Gasteiger partial charge in [-0.1, -0.05) is 19.3 Å². The second-order valence-electron chi connectivity index (χ2n) is 7.34. The second-order valence-corrected chi connectivity index (χ2v) is 7.34. The van der Waals surface area contributed by atoms with Crippen LogP contribution in [0.5, 0.6) is 0 Å². The summed E-state index contributed by atoms with van der Waals surface area (Å²) in [6, 6.07) is -1.17. The van der Waals surface area contributed by atoms with Crippen molar-refractivity contribution in [1.82, 2.24) is 10.2 Å². The maximum Gasteiger partial charge on any atom is 0.410 e. The summed E-state index contributed by atoms with van der Waals surface area (Å²) in [6.07, 6.45) is 5.55. The number of likely N-dealkylation sites (N-methyl/N-ethyl adjacent to an activating group) is 1. The van der Waals surface area contributed by atoms with Crippen molar-refractivity contribution in [2.75, 3.05) is 7.05 Å². The second kappa shape index (κ2) is 8.31. The molecule has 1 N–H and O–H groups in total. The van der Waals surface area contributed by atoms with Gasteiger partial charge in [-0.2, -0.15) is 0 Å². The van der Waals surface area contributed by atoms with Gasteiger partial charge in [-0.25, -0.2) is 4.79 Å². The smallest absolute Gasteiger partial charge is 0.410 e. The summed E-state index contributed by atoms with van der Waals surface area (Å²) in [7, 11) is 1.52. The molecule has 0 spiro atoms. The molecule has 1 saturated carbocycles.